The van der Waals surface area contributed by atoms with Crippen LogP contribution in [0.1, 0.15) is 383 Å². The number of hydrogen-bond donors (Lipinski definition) is 3. The van der Waals surface area contributed by atoms with E-state index in [1.54, 1.807) is 0 Å². The zero-order valence-electron chi connectivity index (χ0n) is 62.3. The highest BCUT2D eigenvalue weighted by Crippen LogP contribution is 2.45. The molecular weight excluding hydrogens is 1250 g/mol. The highest BCUT2D eigenvalue weighted by Gasteiger charge is 2.30. The Morgan fingerprint density at radius 2 is 0.505 bits per heavy atom. The van der Waals surface area contributed by atoms with Crippen LogP contribution < -0.4 is 0 Å². The molecule has 8 atom stereocenters. The van der Waals surface area contributed by atoms with E-state index in [9.17, 15) is 43.2 Å². The monoisotopic (exact) mass is 1400 g/mol. The van der Waals surface area contributed by atoms with E-state index in [2.05, 4.69) is 55.4 Å². The number of ether oxygens (including phenoxy) is 4. The summed E-state index contributed by atoms with van der Waals surface area (Å²) >= 11 is 0. The lowest BCUT2D eigenvalue weighted by Crippen LogP contribution is -2.30. The Balaban J connectivity index is 5.24. The topological polar surface area (TPSA) is 237 Å². The maximum Gasteiger partial charge on any atom is 0.472 e. The van der Waals surface area contributed by atoms with Gasteiger partial charge in [0.2, 0.25) is 0 Å². The van der Waals surface area contributed by atoms with Crippen LogP contribution in [0, 0.1) is 23.7 Å². The number of hydrogen-bond acceptors (Lipinski definition) is 15. The summed E-state index contributed by atoms with van der Waals surface area (Å²) in [7, 11) is -9.91. The quantitative estimate of drug-likeness (QED) is 0.0222. The fraction of sp³-hybridized carbons (Fsp3) is 0.947. The Labute approximate surface area is 581 Å². The molecule has 0 amide bonds. The summed E-state index contributed by atoms with van der Waals surface area (Å²) in [6, 6.07) is 0. The second-order valence-corrected chi connectivity index (χ2v) is 31.5. The summed E-state index contributed by atoms with van der Waals surface area (Å²) in [6.07, 6.45) is 49.9. The molecule has 0 aliphatic heterocycles. The van der Waals surface area contributed by atoms with E-state index in [0.717, 1.165) is 114 Å². The van der Waals surface area contributed by atoms with Gasteiger partial charge in [-0.2, -0.15) is 0 Å². The van der Waals surface area contributed by atoms with Gasteiger partial charge in [-0.3, -0.25) is 37.3 Å². The van der Waals surface area contributed by atoms with Gasteiger partial charge in [-0.1, -0.05) is 331 Å². The predicted octanol–water partition coefficient (Wildman–Crippen LogP) is 22.0. The van der Waals surface area contributed by atoms with Gasteiger partial charge in [-0.15, -0.1) is 0 Å². The van der Waals surface area contributed by atoms with Crippen LogP contribution in [0.2, 0.25) is 0 Å². The maximum atomic E-state index is 13.1. The van der Waals surface area contributed by atoms with Gasteiger partial charge in [0.15, 0.2) is 12.2 Å². The van der Waals surface area contributed by atoms with Crippen molar-refractivity contribution in [1.82, 2.24) is 0 Å². The van der Waals surface area contributed by atoms with Gasteiger partial charge in [0.1, 0.15) is 19.3 Å². The second kappa shape index (κ2) is 65.4. The average molecular weight is 1400 g/mol. The Kier molecular flexibility index (Phi) is 64.0. The second-order valence-electron chi connectivity index (χ2n) is 28.6. The van der Waals surface area contributed by atoms with Crippen molar-refractivity contribution in [2.75, 3.05) is 39.6 Å². The molecule has 0 aliphatic rings. The first kappa shape index (κ1) is 93.1. The Morgan fingerprint density at radius 1 is 0.295 bits per heavy atom. The van der Waals surface area contributed by atoms with E-state index in [4.69, 9.17) is 37.0 Å². The minimum absolute atomic E-state index is 0.106. The normalized spacial score (nSPS) is 15.0. The Morgan fingerprint density at radius 3 is 0.747 bits per heavy atom. The van der Waals surface area contributed by atoms with Gasteiger partial charge in [-0.25, -0.2) is 9.13 Å². The number of unbranched alkanes of at least 4 members (excludes halogenated alkanes) is 36. The number of phosphoric acid groups is 2. The highest BCUT2D eigenvalue weighted by atomic mass is 31.2. The van der Waals surface area contributed by atoms with E-state index in [1.165, 1.54) is 180 Å². The lowest BCUT2D eigenvalue weighted by Gasteiger charge is -2.21. The standard InChI is InChI=1S/C76H148O17P2/c1-9-67(6)53-45-37-28-22-16-14-12-13-15-17-26-32-42-50-58-75(80)93-72(63-87-74(79)57-49-41-35-34-36-44-52-66(4)5)65-91-95(84,85)89-61-70(77)60-88-94(82,83)90-64-71(92-76(81)59-51-43-33-27-21-19-24-30-39-47-55-69(8)11-3)62-86-73(78)56-48-40-31-25-20-18-23-29-38-46-54-68(7)10-2/h66-72,77H,9-65H2,1-8H3,(H,82,83)(H,84,85)/t67?,68?,69?,70-,71-,72-/m1/s1. The molecular formula is C76H148O17P2. The third-order valence-electron chi connectivity index (χ3n) is 18.7. The molecule has 0 saturated heterocycles. The van der Waals surface area contributed by atoms with Gasteiger partial charge >= 0.3 is 39.5 Å². The van der Waals surface area contributed by atoms with Crippen molar-refractivity contribution in [3.05, 3.63) is 0 Å². The molecule has 0 aliphatic carbocycles. The zero-order valence-corrected chi connectivity index (χ0v) is 64.1. The minimum atomic E-state index is -4.96. The minimum Gasteiger partial charge on any atom is -0.462 e. The average Bonchev–Trinajstić information content (AvgIpc) is 1.81. The summed E-state index contributed by atoms with van der Waals surface area (Å²) in [5.41, 5.74) is 0. The van der Waals surface area contributed by atoms with Crippen molar-refractivity contribution in [3.63, 3.8) is 0 Å². The van der Waals surface area contributed by atoms with E-state index in [1.807, 2.05) is 0 Å². The van der Waals surface area contributed by atoms with Crippen molar-refractivity contribution in [3.8, 4) is 0 Å². The zero-order chi connectivity index (χ0) is 70.3. The van der Waals surface area contributed by atoms with Crippen molar-refractivity contribution in [2.24, 2.45) is 23.7 Å². The first-order valence-corrected chi connectivity index (χ1v) is 42.3. The summed E-state index contributed by atoms with van der Waals surface area (Å²) in [5.74, 6) is 1.02. The van der Waals surface area contributed by atoms with Gasteiger partial charge in [0.25, 0.3) is 0 Å². The van der Waals surface area contributed by atoms with Crippen LogP contribution in [-0.4, -0.2) is 96.7 Å². The van der Waals surface area contributed by atoms with Crippen LogP contribution in [0.4, 0.5) is 0 Å². The van der Waals surface area contributed by atoms with E-state index < -0.39 is 97.5 Å². The van der Waals surface area contributed by atoms with Crippen LogP contribution in [0.3, 0.4) is 0 Å². The van der Waals surface area contributed by atoms with Crippen LogP contribution in [0.15, 0.2) is 0 Å². The van der Waals surface area contributed by atoms with Crippen LogP contribution in [0.25, 0.3) is 0 Å². The largest absolute Gasteiger partial charge is 0.472 e. The van der Waals surface area contributed by atoms with Crippen LogP contribution in [-0.2, 0) is 65.4 Å². The SMILES string of the molecule is CCC(C)CCCCCCCCCCCCCCCCC(=O)O[C@H](COC(=O)CCCCCCCCC(C)C)COP(=O)(O)OC[C@H](O)COP(=O)(O)OC[C@@H](COC(=O)CCCCCCCCCCCCC(C)CC)OC(=O)CCCCCCCCCCCCC(C)CC. The molecule has 0 heterocycles. The molecule has 0 aromatic carbocycles. The number of aliphatic hydroxyl groups excluding tert-OH is 1. The fourth-order valence-electron chi connectivity index (χ4n) is 11.5. The molecule has 0 spiro atoms. The van der Waals surface area contributed by atoms with Gasteiger partial charge in [0, 0.05) is 25.7 Å². The number of rotatable bonds is 73. The number of carbonyl (C=O) groups is 4. The lowest BCUT2D eigenvalue weighted by molar-refractivity contribution is -0.161. The molecule has 0 fully saturated rings. The third kappa shape index (κ3) is 66.4. The van der Waals surface area contributed by atoms with Gasteiger partial charge in [-0.05, 0) is 49.4 Å². The van der Waals surface area contributed by atoms with E-state index in [0.29, 0.717) is 31.6 Å². The molecule has 5 unspecified atom stereocenters. The summed E-state index contributed by atoms with van der Waals surface area (Å²) in [6.45, 7) is 14.2. The Hall–Kier alpha value is -1.94. The summed E-state index contributed by atoms with van der Waals surface area (Å²) in [5, 5.41) is 10.6. The van der Waals surface area contributed by atoms with Crippen LogP contribution in [0.5, 0.6) is 0 Å². The molecule has 0 rings (SSSR count). The molecule has 17 nitrogen and oxygen atoms in total. The van der Waals surface area contributed by atoms with Gasteiger partial charge < -0.3 is 33.8 Å². The number of carbonyl (C=O) groups excluding carboxylic acids is 4. The molecule has 0 radical (unpaired) electrons. The highest BCUT2D eigenvalue weighted by molar-refractivity contribution is 7.47. The Bertz CT molecular complexity index is 1870. The molecule has 3 N–H and O–H groups in total. The summed E-state index contributed by atoms with van der Waals surface area (Å²) < 4.78 is 68.5. The molecule has 0 bridgehead atoms. The molecule has 564 valence electrons. The first-order valence-electron chi connectivity index (χ1n) is 39.3. The third-order valence-corrected chi connectivity index (χ3v) is 20.6. The van der Waals surface area contributed by atoms with Crippen molar-refractivity contribution in [2.45, 2.75) is 401 Å². The van der Waals surface area contributed by atoms with E-state index in [-0.39, 0.29) is 25.7 Å². The molecule has 0 aromatic heterocycles. The predicted molar refractivity (Wildman–Crippen MR) is 386 cm³/mol. The molecule has 19 heteroatoms. The van der Waals surface area contributed by atoms with Crippen molar-refractivity contribution >= 4 is 39.5 Å². The smallest absolute Gasteiger partial charge is 0.462 e. The van der Waals surface area contributed by atoms with E-state index >= 15 is 0 Å². The molecule has 95 heavy (non-hydrogen) atoms. The fourth-order valence-corrected chi connectivity index (χ4v) is 13.0. The maximum absolute atomic E-state index is 13.1. The lowest BCUT2D eigenvalue weighted by atomic mass is 9.99. The molecule has 0 aromatic rings. The van der Waals surface area contributed by atoms with Gasteiger partial charge in [0.05, 0.1) is 26.4 Å². The summed E-state index contributed by atoms with van der Waals surface area (Å²) in [4.78, 5) is 72.8. The van der Waals surface area contributed by atoms with Crippen molar-refractivity contribution < 1.29 is 80.2 Å². The van der Waals surface area contributed by atoms with Crippen molar-refractivity contribution in [1.29, 1.82) is 0 Å². The molecule has 0 saturated carbocycles. The first-order chi connectivity index (χ1) is 45.7. The number of aliphatic hydroxyl groups is 1. The number of esters is 4. The number of phosphoric ester groups is 2. The van der Waals surface area contributed by atoms with Crippen LogP contribution >= 0.6 is 15.6 Å².